The quantitative estimate of drug-likeness (QED) is 0.599. The van der Waals surface area contributed by atoms with Gasteiger partial charge in [-0.05, 0) is 13.1 Å². The van der Waals surface area contributed by atoms with Gasteiger partial charge in [-0.25, -0.2) is 0 Å². The van der Waals surface area contributed by atoms with Crippen molar-refractivity contribution in [2.75, 3.05) is 13.6 Å². The zero-order valence-electron chi connectivity index (χ0n) is 7.72. The largest absolute Gasteiger partial charge is 0.327 e. The van der Waals surface area contributed by atoms with Crippen LogP contribution in [-0.4, -0.2) is 18.6 Å². The van der Waals surface area contributed by atoms with Crippen LogP contribution >= 0.6 is 0 Å². The summed E-state index contributed by atoms with van der Waals surface area (Å²) in [5.74, 6) is 5.64. The van der Waals surface area contributed by atoms with E-state index in [4.69, 9.17) is 5.26 Å². The van der Waals surface area contributed by atoms with E-state index in [9.17, 15) is 4.79 Å². The average molecular weight is 187 g/mol. The maximum Gasteiger partial charge on any atom is 0.265 e. The molecule has 0 unspecified atom stereocenters. The van der Waals surface area contributed by atoms with Crippen LogP contribution in [0.15, 0.2) is 17.1 Å². The highest BCUT2D eigenvalue weighted by atomic mass is 16.1. The number of rotatable bonds is 1. The fourth-order valence-corrected chi connectivity index (χ4v) is 0.874. The Morgan fingerprint density at radius 3 is 3.07 bits per heavy atom. The van der Waals surface area contributed by atoms with E-state index in [-0.39, 0.29) is 11.1 Å². The Kier molecular flexibility index (Phi) is 3.49. The monoisotopic (exact) mass is 187 g/mol. The molecule has 4 heteroatoms. The molecule has 14 heavy (non-hydrogen) atoms. The fraction of sp³-hybridized carbons (Fsp3) is 0.200. The highest BCUT2D eigenvalue weighted by Gasteiger charge is 1.97. The van der Waals surface area contributed by atoms with Crippen LogP contribution in [0.3, 0.4) is 0 Å². The number of hydrogen-bond acceptors (Lipinski definition) is 3. The molecule has 1 heterocycles. The van der Waals surface area contributed by atoms with E-state index in [1.807, 2.05) is 0 Å². The molecular formula is C10H9N3O. The second-order valence-corrected chi connectivity index (χ2v) is 2.58. The third-order valence-corrected chi connectivity index (χ3v) is 1.52. The van der Waals surface area contributed by atoms with E-state index in [2.05, 4.69) is 22.1 Å². The maximum absolute atomic E-state index is 11.0. The van der Waals surface area contributed by atoms with Crippen LogP contribution in [-0.2, 0) is 0 Å². The van der Waals surface area contributed by atoms with Gasteiger partial charge in [-0.2, -0.15) is 5.26 Å². The van der Waals surface area contributed by atoms with Gasteiger partial charge in [-0.15, -0.1) is 0 Å². The smallest absolute Gasteiger partial charge is 0.265 e. The van der Waals surface area contributed by atoms with Gasteiger partial charge >= 0.3 is 0 Å². The standard InChI is InChI=1S/C10H9N3O/c1-12-4-2-3-8-5-9(6-11)10(14)13-7-8/h5,7,12H,4H2,1H3,(H,13,14). The first kappa shape index (κ1) is 10.0. The molecule has 0 aliphatic carbocycles. The second kappa shape index (κ2) is 4.86. The highest BCUT2D eigenvalue weighted by molar-refractivity contribution is 5.38. The normalized spacial score (nSPS) is 8.57. The van der Waals surface area contributed by atoms with Crippen molar-refractivity contribution in [1.29, 1.82) is 5.26 Å². The van der Waals surface area contributed by atoms with E-state index in [0.717, 1.165) is 0 Å². The Morgan fingerprint density at radius 2 is 2.43 bits per heavy atom. The summed E-state index contributed by atoms with van der Waals surface area (Å²) in [5, 5.41) is 11.5. The zero-order valence-corrected chi connectivity index (χ0v) is 7.72. The SMILES string of the molecule is CNCC#Cc1c[nH]c(=O)c(C#N)c1. The maximum atomic E-state index is 11.0. The second-order valence-electron chi connectivity index (χ2n) is 2.58. The van der Waals surface area contributed by atoms with Gasteiger partial charge in [0, 0.05) is 11.8 Å². The predicted octanol–water partition coefficient (Wildman–Crippen LogP) is -0.183. The lowest BCUT2D eigenvalue weighted by Gasteiger charge is -1.90. The minimum atomic E-state index is -0.383. The van der Waals surface area contributed by atoms with Gasteiger partial charge in [0.05, 0.1) is 6.54 Å². The lowest BCUT2D eigenvalue weighted by atomic mass is 10.2. The van der Waals surface area contributed by atoms with Crippen LogP contribution < -0.4 is 10.9 Å². The molecule has 0 fully saturated rings. The van der Waals surface area contributed by atoms with Crippen LogP contribution in [0.2, 0.25) is 0 Å². The third kappa shape index (κ3) is 2.48. The van der Waals surface area contributed by atoms with Crippen molar-refractivity contribution < 1.29 is 0 Å². The number of nitrogens with zero attached hydrogens (tertiary/aromatic N) is 1. The summed E-state index contributed by atoms with van der Waals surface area (Å²) in [4.78, 5) is 13.4. The molecule has 0 amide bonds. The number of nitrogens with one attached hydrogen (secondary N) is 2. The first-order valence-corrected chi connectivity index (χ1v) is 4.04. The molecule has 0 bridgehead atoms. The van der Waals surface area contributed by atoms with Gasteiger partial charge in [0.1, 0.15) is 11.6 Å². The van der Waals surface area contributed by atoms with Gasteiger partial charge < -0.3 is 10.3 Å². The lowest BCUT2D eigenvalue weighted by Crippen LogP contribution is -2.09. The highest BCUT2D eigenvalue weighted by Crippen LogP contribution is 1.94. The Labute approximate surface area is 81.6 Å². The van der Waals surface area contributed by atoms with E-state index in [0.29, 0.717) is 12.1 Å². The molecule has 1 rings (SSSR count). The fourth-order valence-electron chi connectivity index (χ4n) is 0.874. The molecule has 0 aliphatic heterocycles. The average Bonchev–Trinajstić information content (AvgIpc) is 2.21. The molecule has 0 radical (unpaired) electrons. The van der Waals surface area contributed by atoms with E-state index < -0.39 is 0 Å². The Morgan fingerprint density at radius 1 is 1.64 bits per heavy atom. The topological polar surface area (TPSA) is 68.7 Å². The number of hydrogen-bond donors (Lipinski definition) is 2. The summed E-state index contributed by atoms with van der Waals surface area (Å²) in [7, 11) is 1.79. The Balaban J connectivity index is 2.99. The molecule has 4 nitrogen and oxygen atoms in total. The van der Waals surface area contributed by atoms with Crippen molar-refractivity contribution in [3.63, 3.8) is 0 Å². The number of pyridine rings is 1. The van der Waals surface area contributed by atoms with Crippen molar-refractivity contribution >= 4 is 0 Å². The first-order valence-electron chi connectivity index (χ1n) is 4.04. The van der Waals surface area contributed by atoms with Gasteiger partial charge in [-0.3, -0.25) is 4.79 Å². The van der Waals surface area contributed by atoms with Crippen molar-refractivity contribution in [2.24, 2.45) is 0 Å². The van der Waals surface area contributed by atoms with Crippen LogP contribution in [0.4, 0.5) is 0 Å². The van der Waals surface area contributed by atoms with E-state index in [1.165, 1.54) is 12.3 Å². The van der Waals surface area contributed by atoms with Crippen molar-refractivity contribution in [3.05, 3.63) is 33.7 Å². The van der Waals surface area contributed by atoms with Gasteiger partial charge in [0.25, 0.3) is 5.56 Å². The summed E-state index contributed by atoms with van der Waals surface area (Å²) >= 11 is 0. The molecule has 0 saturated heterocycles. The van der Waals surface area contributed by atoms with Crippen molar-refractivity contribution in [2.45, 2.75) is 0 Å². The minimum Gasteiger partial charge on any atom is -0.327 e. The number of H-pyrrole nitrogens is 1. The summed E-state index contributed by atoms with van der Waals surface area (Å²) in [5.41, 5.74) is 0.337. The number of aromatic nitrogens is 1. The minimum absolute atomic E-state index is 0.0845. The summed E-state index contributed by atoms with van der Waals surface area (Å²) in [6.07, 6.45) is 1.49. The molecule has 70 valence electrons. The molecular weight excluding hydrogens is 178 g/mol. The molecule has 0 saturated carbocycles. The van der Waals surface area contributed by atoms with Gasteiger partial charge in [0.15, 0.2) is 0 Å². The van der Waals surface area contributed by atoms with Crippen LogP contribution in [0, 0.1) is 23.2 Å². The number of aromatic amines is 1. The zero-order chi connectivity index (χ0) is 10.4. The number of nitriles is 1. The van der Waals surface area contributed by atoms with Crippen LogP contribution in [0.25, 0.3) is 0 Å². The first-order chi connectivity index (χ1) is 6.77. The molecule has 0 atom stereocenters. The van der Waals surface area contributed by atoms with E-state index in [1.54, 1.807) is 13.1 Å². The van der Waals surface area contributed by atoms with Gasteiger partial charge in [-0.1, -0.05) is 11.8 Å². The van der Waals surface area contributed by atoms with Crippen LogP contribution in [0.1, 0.15) is 11.1 Å². The summed E-state index contributed by atoms with van der Waals surface area (Å²) in [6.45, 7) is 0.570. The van der Waals surface area contributed by atoms with Gasteiger partial charge in [0.2, 0.25) is 0 Å². The summed E-state index contributed by atoms with van der Waals surface area (Å²) in [6, 6.07) is 3.27. The molecule has 1 aromatic heterocycles. The third-order valence-electron chi connectivity index (χ3n) is 1.52. The molecule has 0 aliphatic rings. The molecule has 2 N–H and O–H groups in total. The van der Waals surface area contributed by atoms with Crippen molar-refractivity contribution in [1.82, 2.24) is 10.3 Å². The van der Waals surface area contributed by atoms with Crippen LogP contribution in [0.5, 0.6) is 0 Å². The molecule has 0 aromatic carbocycles. The molecule has 0 spiro atoms. The van der Waals surface area contributed by atoms with E-state index >= 15 is 0 Å². The molecule has 1 aromatic rings. The lowest BCUT2D eigenvalue weighted by molar-refractivity contribution is 0.938. The van der Waals surface area contributed by atoms with Crippen molar-refractivity contribution in [3.8, 4) is 17.9 Å². The Bertz CT molecular complexity index is 471. The predicted molar refractivity (Wildman–Crippen MR) is 52.6 cm³/mol. The summed E-state index contributed by atoms with van der Waals surface area (Å²) < 4.78 is 0. The Hall–Kier alpha value is -2.04.